The molecule has 4 unspecified atom stereocenters. The van der Waals surface area contributed by atoms with Crippen LogP contribution in [0.25, 0.3) is 0 Å². The van der Waals surface area contributed by atoms with E-state index in [2.05, 4.69) is 4.74 Å². The van der Waals surface area contributed by atoms with Gasteiger partial charge in [0.25, 0.3) is 0 Å². The van der Waals surface area contributed by atoms with Gasteiger partial charge in [-0.15, -0.1) is 0 Å². The second-order valence-corrected chi connectivity index (χ2v) is 11.2. The van der Waals surface area contributed by atoms with Crippen LogP contribution in [0, 0.1) is 11.8 Å². The maximum atomic E-state index is 15.7. The van der Waals surface area contributed by atoms with Crippen molar-refractivity contribution < 1.29 is 42.4 Å². The summed E-state index contributed by atoms with van der Waals surface area (Å²) in [4.78, 5) is 11.3. The molecule has 0 aromatic heterocycles. The van der Waals surface area contributed by atoms with Gasteiger partial charge >= 0.3 is 5.97 Å². The van der Waals surface area contributed by atoms with Gasteiger partial charge in [-0.2, -0.15) is 0 Å². The molecule has 7 nitrogen and oxygen atoms in total. The highest BCUT2D eigenvalue weighted by molar-refractivity contribution is 5.69. The summed E-state index contributed by atoms with van der Waals surface area (Å²) >= 11 is 0. The first-order valence-electron chi connectivity index (χ1n) is 15.3. The molecule has 0 spiro atoms. The Bertz CT molecular complexity index is 767. The number of methoxy groups -OCH3 is 1. The Morgan fingerprint density at radius 2 is 1.77 bits per heavy atom. The Hall–Kier alpha value is -1.39. The summed E-state index contributed by atoms with van der Waals surface area (Å²) < 4.78 is 59.5. The van der Waals surface area contributed by atoms with Crippen molar-refractivity contribution in [3.63, 3.8) is 0 Å². The largest absolute Gasteiger partial charge is 0.469 e. The van der Waals surface area contributed by atoms with Gasteiger partial charge in [-0.1, -0.05) is 44.1 Å². The number of carbonyl (C=O) groups excluding carboxylic acids is 1. The van der Waals surface area contributed by atoms with E-state index >= 15 is 8.78 Å². The first-order valence-corrected chi connectivity index (χ1v) is 15.3. The fraction of sp³-hybridized carbons (Fsp3) is 0.839. The molecule has 3 aliphatic rings. The van der Waals surface area contributed by atoms with Crippen LogP contribution in [0.15, 0.2) is 24.3 Å². The zero-order valence-corrected chi connectivity index (χ0v) is 24.3. The zero-order chi connectivity index (χ0) is 28.7. The van der Waals surface area contributed by atoms with Gasteiger partial charge in [0.1, 0.15) is 18.4 Å². The third-order valence-corrected chi connectivity index (χ3v) is 8.08. The van der Waals surface area contributed by atoms with Crippen molar-refractivity contribution in [2.24, 2.45) is 11.8 Å². The molecular formula is C31H50F2O7. The number of esters is 1. The van der Waals surface area contributed by atoms with Gasteiger partial charge in [-0.25, -0.2) is 8.78 Å². The molecule has 0 aromatic carbocycles. The molecule has 2 saturated heterocycles. The summed E-state index contributed by atoms with van der Waals surface area (Å²) in [6.45, 7) is 3.23. The van der Waals surface area contributed by atoms with E-state index in [1.165, 1.54) is 13.2 Å². The zero-order valence-electron chi connectivity index (χ0n) is 24.3. The highest BCUT2D eigenvalue weighted by atomic mass is 19.1. The van der Waals surface area contributed by atoms with Gasteiger partial charge in [-0.3, -0.25) is 4.79 Å². The monoisotopic (exact) mass is 572 g/mol. The summed E-state index contributed by atoms with van der Waals surface area (Å²) in [6.07, 6.45) is 9.85. The van der Waals surface area contributed by atoms with E-state index in [0.29, 0.717) is 38.9 Å². The lowest BCUT2D eigenvalue weighted by molar-refractivity contribution is -0.194. The Morgan fingerprint density at radius 3 is 2.42 bits per heavy atom. The van der Waals surface area contributed by atoms with Crippen LogP contribution in [-0.2, 0) is 28.5 Å². The Balaban J connectivity index is 1.75. The number of alkyl halides is 2. The molecule has 0 radical (unpaired) electrons. The van der Waals surface area contributed by atoms with Crippen molar-refractivity contribution in [3.05, 3.63) is 24.3 Å². The average Bonchev–Trinajstić information content (AvgIpc) is 3.28. The number of halogens is 2. The van der Waals surface area contributed by atoms with Crippen molar-refractivity contribution in [1.82, 2.24) is 0 Å². The molecule has 2 heterocycles. The second-order valence-electron chi connectivity index (χ2n) is 11.2. The van der Waals surface area contributed by atoms with Crippen molar-refractivity contribution in [2.75, 3.05) is 20.3 Å². The Morgan fingerprint density at radius 1 is 1.05 bits per heavy atom. The maximum absolute atomic E-state index is 15.7. The number of rotatable bonds is 16. The fourth-order valence-electron chi connectivity index (χ4n) is 5.76. The standard InChI is InChI=1S/C31H50F2O7/c1-3-4-12-23(32)26(39-29-15-8-10-19-37-29)18-17-22-27(40-30-16-9-11-20-38-30)21-25(34)31(22)24(33)13-6-5-7-14-28(35)36-2/h6,13,17-18,22-27,29-31,34H,3-5,7-12,14-16,19-21H2,1-2H3/b13-6-,18-17+/t22-,23?,24?,25-,26+,27+,29?,30?,31-/m0/s1. The van der Waals surface area contributed by atoms with Crippen LogP contribution in [0.3, 0.4) is 0 Å². The smallest absolute Gasteiger partial charge is 0.305 e. The summed E-state index contributed by atoms with van der Waals surface area (Å²) in [5.74, 6) is -1.55. The van der Waals surface area contributed by atoms with Crippen molar-refractivity contribution in [2.45, 2.75) is 134 Å². The molecule has 2 aliphatic heterocycles. The molecule has 40 heavy (non-hydrogen) atoms. The second kappa shape index (κ2) is 18.2. The van der Waals surface area contributed by atoms with E-state index in [0.717, 1.165) is 44.9 Å². The van der Waals surface area contributed by atoms with E-state index < -0.39 is 55.1 Å². The van der Waals surface area contributed by atoms with E-state index in [1.807, 2.05) is 6.92 Å². The number of carbonyl (C=O) groups is 1. The predicted octanol–water partition coefficient (Wildman–Crippen LogP) is 6.13. The van der Waals surface area contributed by atoms with Gasteiger partial charge in [0.05, 0.1) is 19.3 Å². The van der Waals surface area contributed by atoms with Crippen LogP contribution in [-0.4, -0.2) is 74.6 Å². The van der Waals surface area contributed by atoms with Crippen LogP contribution < -0.4 is 0 Å². The quantitative estimate of drug-likeness (QED) is 0.135. The molecule has 9 atom stereocenters. The number of hydrogen-bond donors (Lipinski definition) is 1. The highest BCUT2D eigenvalue weighted by Gasteiger charge is 2.46. The van der Waals surface area contributed by atoms with Crippen LogP contribution in [0.4, 0.5) is 8.78 Å². The Kier molecular flexibility index (Phi) is 15.1. The fourth-order valence-corrected chi connectivity index (χ4v) is 5.76. The molecule has 230 valence electrons. The third kappa shape index (κ3) is 10.8. The molecule has 0 bridgehead atoms. The molecular weight excluding hydrogens is 522 g/mol. The number of unbranched alkanes of at least 4 members (excludes halogenated alkanes) is 2. The maximum Gasteiger partial charge on any atom is 0.305 e. The van der Waals surface area contributed by atoms with Gasteiger partial charge in [0, 0.05) is 37.9 Å². The summed E-state index contributed by atoms with van der Waals surface area (Å²) in [6, 6.07) is 0. The van der Waals surface area contributed by atoms with Gasteiger partial charge in [0.15, 0.2) is 12.6 Å². The minimum absolute atomic E-state index is 0.265. The van der Waals surface area contributed by atoms with Crippen molar-refractivity contribution >= 4 is 5.97 Å². The van der Waals surface area contributed by atoms with Crippen LogP contribution in [0.1, 0.15) is 90.4 Å². The van der Waals surface area contributed by atoms with Crippen molar-refractivity contribution in [1.29, 1.82) is 0 Å². The average molecular weight is 573 g/mol. The molecule has 1 aliphatic carbocycles. The first kappa shape index (κ1) is 33.1. The van der Waals surface area contributed by atoms with Gasteiger partial charge in [0.2, 0.25) is 0 Å². The lowest BCUT2D eigenvalue weighted by Gasteiger charge is -2.31. The number of ether oxygens (including phenoxy) is 5. The molecule has 9 heteroatoms. The first-order chi connectivity index (χ1) is 19.4. The minimum atomic E-state index is -1.44. The number of allylic oxidation sites excluding steroid dienone is 2. The summed E-state index contributed by atoms with van der Waals surface area (Å²) in [5, 5.41) is 11.0. The third-order valence-electron chi connectivity index (χ3n) is 8.08. The van der Waals surface area contributed by atoms with Gasteiger partial charge in [-0.05, 0) is 57.8 Å². The topological polar surface area (TPSA) is 83.5 Å². The Labute approximate surface area is 238 Å². The van der Waals surface area contributed by atoms with E-state index in [1.54, 1.807) is 18.2 Å². The lowest BCUT2D eigenvalue weighted by Crippen LogP contribution is -2.34. The number of aliphatic hydroxyl groups is 1. The minimum Gasteiger partial charge on any atom is -0.469 e. The summed E-state index contributed by atoms with van der Waals surface area (Å²) in [7, 11) is 1.34. The summed E-state index contributed by atoms with van der Waals surface area (Å²) in [5.41, 5.74) is 0. The van der Waals surface area contributed by atoms with Crippen LogP contribution >= 0.6 is 0 Å². The van der Waals surface area contributed by atoms with Crippen molar-refractivity contribution in [3.8, 4) is 0 Å². The SMILES string of the molecule is CCCCC(F)[C@@H](/C=C/[C@@H]1[C@@H](C(F)/C=C\CCCC(=O)OC)[C@@H](O)C[C@H]1OC1CCCCO1)OC1CCCCO1. The normalized spacial score (nSPS) is 31.9. The van der Waals surface area contributed by atoms with Crippen LogP contribution in [0.2, 0.25) is 0 Å². The molecule has 3 rings (SSSR count). The predicted molar refractivity (Wildman–Crippen MR) is 148 cm³/mol. The number of aliphatic hydroxyl groups excluding tert-OH is 1. The van der Waals surface area contributed by atoms with E-state index in [-0.39, 0.29) is 18.8 Å². The molecule has 0 amide bonds. The highest BCUT2D eigenvalue weighted by Crippen LogP contribution is 2.41. The lowest BCUT2D eigenvalue weighted by atomic mass is 9.88. The van der Waals surface area contributed by atoms with E-state index in [4.69, 9.17) is 18.9 Å². The van der Waals surface area contributed by atoms with Crippen LogP contribution in [0.5, 0.6) is 0 Å². The van der Waals surface area contributed by atoms with Gasteiger partial charge < -0.3 is 28.8 Å². The molecule has 1 saturated carbocycles. The molecule has 1 N–H and O–H groups in total. The number of hydrogen-bond acceptors (Lipinski definition) is 7. The molecule has 0 aromatic rings. The molecule has 3 fully saturated rings. The van der Waals surface area contributed by atoms with E-state index in [9.17, 15) is 9.90 Å².